The maximum absolute atomic E-state index is 13.3. The molecule has 3 N–H and O–H groups in total. The molecule has 0 atom stereocenters. The number of carbonyl (C=O) groups excluding carboxylic acids is 1. The molecule has 4 rings (SSSR count). The second-order valence-electron chi connectivity index (χ2n) is 8.33. The molecule has 2 heterocycles. The quantitative estimate of drug-likeness (QED) is 0.550. The van der Waals surface area contributed by atoms with Gasteiger partial charge in [0, 0.05) is 17.8 Å². The van der Waals surface area contributed by atoms with E-state index in [1.165, 1.54) is 6.07 Å². The summed E-state index contributed by atoms with van der Waals surface area (Å²) in [6.45, 7) is 3.18. The van der Waals surface area contributed by atoms with Gasteiger partial charge < -0.3 is 11.1 Å². The zero-order chi connectivity index (χ0) is 24.3. The Bertz CT molecular complexity index is 1230. The average Bonchev–Trinajstić information content (AvgIpc) is 2.82. The fourth-order valence-corrected chi connectivity index (χ4v) is 4.06. The van der Waals surface area contributed by atoms with Crippen molar-refractivity contribution in [3.05, 3.63) is 88.2 Å². The van der Waals surface area contributed by atoms with Gasteiger partial charge in [0.1, 0.15) is 5.69 Å². The van der Waals surface area contributed by atoms with Gasteiger partial charge in [-0.15, -0.1) is 0 Å². The summed E-state index contributed by atoms with van der Waals surface area (Å²) in [5, 5.41) is 3.20. The van der Waals surface area contributed by atoms with Crippen molar-refractivity contribution in [3.63, 3.8) is 0 Å². The van der Waals surface area contributed by atoms with Gasteiger partial charge in [-0.3, -0.25) is 4.79 Å². The predicted molar refractivity (Wildman–Crippen MR) is 125 cm³/mol. The Morgan fingerprint density at radius 2 is 1.82 bits per heavy atom. The van der Waals surface area contributed by atoms with Crippen LogP contribution in [0.25, 0.3) is 17.0 Å². The number of halogens is 3. The van der Waals surface area contributed by atoms with E-state index in [2.05, 4.69) is 15.3 Å². The Labute approximate surface area is 195 Å². The van der Waals surface area contributed by atoms with Gasteiger partial charge in [0.2, 0.25) is 0 Å². The van der Waals surface area contributed by atoms with Crippen molar-refractivity contribution in [2.75, 3.05) is 13.1 Å². The molecule has 2 aromatic carbocycles. The number of aromatic nitrogens is 2. The number of nitrogens with two attached hydrogens (primary N) is 1. The fraction of sp³-hybridized carbons (Fsp3) is 0.269. The molecule has 0 aliphatic carbocycles. The van der Waals surface area contributed by atoms with E-state index in [0.717, 1.165) is 34.9 Å². The molecule has 0 saturated heterocycles. The minimum atomic E-state index is -4.37. The molecule has 0 unspecified atom stereocenters. The highest BCUT2D eigenvalue weighted by Crippen LogP contribution is 2.34. The lowest BCUT2D eigenvalue weighted by atomic mass is 9.90. The first-order valence-corrected chi connectivity index (χ1v) is 11.1. The van der Waals surface area contributed by atoms with Gasteiger partial charge in [0.05, 0.1) is 5.56 Å². The Kier molecular flexibility index (Phi) is 6.79. The Morgan fingerprint density at radius 1 is 1.06 bits per heavy atom. The number of rotatable bonds is 6. The molecule has 0 saturated carbocycles. The number of alkyl halides is 3. The zero-order valence-corrected chi connectivity index (χ0v) is 18.7. The lowest BCUT2D eigenvalue weighted by Gasteiger charge is -2.19. The molecular weight excluding hydrogens is 441 g/mol. The summed E-state index contributed by atoms with van der Waals surface area (Å²) >= 11 is 0. The Morgan fingerprint density at radius 3 is 2.47 bits per heavy atom. The molecule has 176 valence electrons. The van der Waals surface area contributed by atoms with Crippen molar-refractivity contribution in [2.45, 2.75) is 32.4 Å². The van der Waals surface area contributed by atoms with Crippen molar-refractivity contribution in [2.24, 2.45) is 5.73 Å². The summed E-state index contributed by atoms with van der Waals surface area (Å²) in [6, 6.07) is 13.2. The van der Waals surface area contributed by atoms with Crippen LogP contribution in [0.2, 0.25) is 0 Å². The van der Waals surface area contributed by atoms with Gasteiger partial charge in [-0.2, -0.15) is 13.2 Å². The largest absolute Gasteiger partial charge is 0.416 e. The molecule has 1 amide bonds. The van der Waals surface area contributed by atoms with Gasteiger partial charge in [-0.1, -0.05) is 36.4 Å². The molecule has 1 aromatic heterocycles. The lowest BCUT2D eigenvalue weighted by Crippen LogP contribution is -2.20. The van der Waals surface area contributed by atoms with Crippen LogP contribution in [-0.2, 0) is 19.0 Å². The molecule has 8 heteroatoms. The second kappa shape index (κ2) is 9.77. The third-order valence-electron chi connectivity index (χ3n) is 5.85. The number of hydrogen-bond acceptors (Lipinski definition) is 4. The van der Waals surface area contributed by atoms with Crippen molar-refractivity contribution in [1.82, 2.24) is 15.3 Å². The van der Waals surface area contributed by atoms with Crippen LogP contribution in [0.15, 0.2) is 54.6 Å². The van der Waals surface area contributed by atoms with Crippen molar-refractivity contribution < 1.29 is 18.0 Å². The smallest absolute Gasteiger partial charge is 0.364 e. The first-order valence-electron chi connectivity index (χ1n) is 11.1. The molecule has 34 heavy (non-hydrogen) atoms. The monoisotopic (exact) mass is 466 g/mol. The Hall–Kier alpha value is -3.52. The molecular formula is C26H25F3N4O. The van der Waals surface area contributed by atoms with E-state index < -0.39 is 17.6 Å². The summed E-state index contributed by atoms with van der Waals surface area (Å²) in [6.07, 6.45) is -0.412. The summed E-state index contributed by atoms with van der Waals surface area (Å²) in [4.78, 5) is 20.1. The minimum absolute atomic E-state index is 0.161. The number of nitrogens with one attached hydrogen (secondary N) is 1. The zero-order valence-electron chi connectivity index (χ0n) is 18.7. The highest BCUT2D eigenvalue weighted by atomic mass is 19.4. The van der Waals surface area contributed by atoms with Crippen molar-refractivity contribution in [1.29, 1.82) is 0 Å². The molecule has 0 fully saturated rings. The molecule has 3 aromatic rings. The number of primary amides is 1. The lowest BCUT2D eigenvalue weighted by molar-refractivity contribution is -0.137. The van der Waals surface area contributed by atoms with Crippen LogP contribution in [0.5, 0.6) is 0 Å². The third-order valence-corrected chi connectivity index (χ3v) is 5.85. The van der Waals surface area contributed by atoms with Gasteiger partial charge in [-0.25, -0.2) is 9.97 Å². The van der Waals surface area contributed by atoms with E-state index in [9.17, 15) is 18.0 Å². The molecule has 0 spiro atoms. The van der Waals surface area contributed by atoms with Gasteiger partial charge in [0.15, 0.2) is 5.82 Å². The summed E-state index contributed by atoms with van der Waals surface area (Å²) in [5.41, 5.74) is 9.86. The summed E-state index contributed by atoms with van der Waals surface area (Å²) < 4.78 is 40.0. The van der Waals surface area contributed by atoms with Crippen LogP contribution in [0.3, 0.4) is 0 Å². The van der Waals surface area contributed by atoms with Gasteiger partial charge >= 0.3 is 6.18 Å². The van der Waals surface area contributed by atoms with E-state index >= 15 is 0 Å². The van der Waals surface area contributed by atoms with E-state index in [1.54, 1.807) is 19.1 Å². The van der Waals surface area contributed by atoms with Crippen molar-refractivity contribution in [3.8, 4) is 11.4 Å². The highest BCUT2D eigenvalue weighted by molar-refractivity contribution is 5.91. The molecule has 1 aliphatic rings. The molecule has 5 nitrogen and oxygen atoms in total. The second-order valence-corrected chi connectivity index (χ2v) is 8.33. The molecule has 1 aliphatic heterocycles. The first-order chi connectivity index (χ1) is 16.2. The van der Waals surface area contributed by atoms with E-state index in [-0.39, 0.29) is 5.69 Å². The number of hydrogen-bond donors (Lipinski definition) is 2. The van der Waals surface area contributed by atoms with Crippen LogP contribution in [0.1, 0.15) is 44.9 Å². The topological polar surface area (TPSA) is 80.9 Å². The SMILES string of the molecule is Cc1cc(C(N)=O)nc(-c2ccc(CCc3ccc(C(F)(F)F)cc3C3=CCNCC3)cc2)n1. The third kappa shape index (κ3) is 5.51. The number of aryl methyl sites for hydroxylation is 3. The maximum atomic E-state index is 13.3. The van der Waals surface area contributed by atoms with Gasteiger partial charge in [-0.05, 0) is 73.2 Å². The van der Waals surface area contributed by atoms with Crippen LogP contribution in [-0.4, -0.2) is 29.0 Å². The van der Waals surface area contributed by atoms with Crippen LogP contribution in [0.4, 0.5) is 13.2 Å². The van der Waals surface area contributed by atoms with E-state index in [4.69, 9.17) is 5.73 Å². The highest BCUT2D eigenvalue weighted by Gasteiger charge is 2.31. The van der Waals surface area contributed by atoms with Crippen LogP contribution < -0.4 is 11.1 Å². The van der Waals surface area contributed by atoms with E-state index in [0.29, 0.717) is 42.9 Å². The minimum Gasteiger partial charge on any atom is -0.364 e. The van der Waals surface area contributed by atoms with Crippen LogP contribution in [0, 0.1) is 6.92 Å². The summed E-state index contributed by atoms with van der Waals surface area (Å²) in [5.74, 6) is -0.192. The maximum Gasteiger partial charge on any atom is 0.416 e. The Balaban J connectivity index is 1.55. The average molecular weight is 467 g/mol. The van der Waals surface area contributed by atoms with Crippen LogP contribution >= 0.6 is 0 Å². The van der Waals surface area contributed by atoms with Crippen molar-refractivity contribution >= 4 is 11.5 Å². The standard InChI is InChI=1S/C26H25F3N4O/c1-16-14-23(24(30)34)33-25(32-16)20-6-3-17(4-7-20)2-5-18-8-9-21(26(27,28)29)15-22(18)19-10-12-31-13-11-19/h3-4,6-10,14-15,31H,2,5,11-13H2,1H3,(H2,30,34). The molecule has 0 radical (unpaired) electrons. The normalized spacial score (nSPS) is 14.1. The summed E-state index contributed by atoms with van der Waals surface area (Å²) in [7, 11) is 0. The number of carbonyl (C=O) groups is 1. The first kappa shape index (κ1) is 23.6. The number of amides is 1. The fourth-order valence-electron chi connectivity index (χ4n) is 4.06. The molecule has 0 bridgehead atoms. The van der Waals surface area contributed by atoms with E-state index in [1.807, 2.05) is 30.3 Å². The number of nitrogens with zero attached hydrogens (tertiary/aromatic N) is 2. The van der Waals surface area contributed by atoms with Gasteiger partial charge in [0.25, 0.3) is 5.91 Å². The predicted octanol–water partition coefficient (Wildman–Crippen LogP) is 4.73. The number of benzene rings is 2.